The van der Waals surface area contributed by atoms with Crippen molar-refractivity contribution >= 4 is 17.5 Å². The van der Waals surface area contributed by atoms with Gasteiger partial charge in [0, 0.05) is 24.3 Å². The summed E-state index contributed by atoms with van der Waals surface area (Å²) in [6.45, 7) is 2.03. The highest BCUT2D eigenvalue weighted by Crippen LogP contribution is 2.18. The molecule has 0 spiro atoms. The zero-order chi connectivity index (χ0) is 16.2. The van der Waals surface area contributed by atoms with Crippen LogP contribution in [-0.2, 0) is 17.8 Å². The molecule has 5 nitrogen and oxygen atoms in total. The molecule has 0 saturated heterocycles. The van der Waals surface area contributed by atoms with Crippen LogP contribution >= 0.6 is 0 Å². The summed E-state index contributed by atoms with van der Waals surface area (Å²) in [5, 5.41) is 2.85. The Kier molecular flexibility index (Phi) is 4.39. The number of rotatable bonds is 4. The first-order valence-electron chi connectivity index (χ1n) is 7.60. The Morgan fingerprint density at radius 1 is 1.04 bits per heavy atom. The van der Waals surface area contributed by atoms with Crippen LogP contribution < -0.4 is 11.1 Å². The molecule has 5 heteroatoms. The van der Waals surface area contributed by atoms with E-state index >= 15 is 0 Å². The summed E-state index contributed by atoms with van der Waals surface area (Å²) < 4.78 is 0. The second-order valence-electron chi connectivity index (χ2n) is 5.72. The molecule has 0 bridgehead atoms. The monoisotopic (exact) mass is 309 g/mol. The van der Waals surface area contributed by atoms with E-state index in [1.54, 1.807) is 24.3 Å². The number of hydrogen-bond donors (Lipinski definition) is 2. The number of carbonyl (C=O) groups is 2. The summed E-state index contributed by atoms with van der Waals surface area (Å²) in [6.07, 6.45) is 0.969. The molecule has 2 aromatic carbocycles. The van der Waals surface area contributed by atoms with Crippen LogP contribution in [0.1, 0.15) is 21.5 Å². The van der Waals surface area contributed by atoms with Crippen molar-refractivity contribution in [2.75, 3.05) is 18.4 Å². The summed E-state index contributed by atoms with van der Waals surface area (Å²) in [4.78, 5) is 25.3. The minimum absolute atomic E-state index is 0.0591. The zero-order valence-corrected chi connectivity index (χ0v) is 12.8. The third-order valence-corrected chi connectivity index (χ3v) is 4.03. The topological polar surface area (TPSA) is 75.4 Å². The number of fused-ring (bicyclic) bond motifs is 1. The maximum absolute atomic E-state index is 12.2. The van der Waals surface area contributed by atoms with Crippen molar-refractivity contribution in [3.8, 4) is 0 Å². The van der Waals surface area contributed by atoms with Crippen LogP contribution in [0.25, 0.3) is 0 Å². The quantitative estimate of drug-likeness (QED) is 0.904. The zero-order valence-electron chi connectivity index (χ0n) is 12.8. The van der Waals surface area contributed by atoms with E-state index < -0.39 is 5.91 Å². The van der Waals surface area contributed by atoms with E-state index in [0.29, 0.717) is 17.8 Å². The van der Waals surface area contributed by atoms with Crippen LogP contribution in [0.3, 0.4) is 0 Å². The van der Waals surface area contributed by atoms with E-state index in [2.05, 4.69) is 28.4 Å². The number of nitrogens with zero attached hydrogens (tertiary/aromatic N) is 1. The highest BCUT2D eigenvalue weighted by molar-refractivity contribution is 5.95. The second-order valence-corrected chi connectivity index (χ2v) is 5.72. The lowest BCUT2D eigenvalue weighted by atomic mass is 10.00. The van der Waals surface area contributed by atoms with Gasteiger partial charge in [-0.15, -0.1) is 0 Å². The number of hydrogen-bond acceptors (Lipinski definition) is 3. The highest BCUT2D eigenvalue weighted by Gasteiger charge is 2.18. The SMILES string of the molecule is NC(=O)c1ccc(NC(=O)CN2CCc3ccccc3C2)cc1. The number of primary amides is 1. The van der Waals surface area contributed by atoms with Gasteiger partial charge in [0.15, 0.2) is 0 Å². The Morgan fingerprint density at radius 3 is 2.43 bits per heavy atom. The van der Waals surface area contributed by atoms with Crippen molar-refractivity contribution < 1.29 is 9.59 Å². The van der Waals surface area contributed by atoms with Gasteiger partial charge in [-0.2, -0.15) is 0 Å². The van der Waals surface area contributed by atoms with E-state index in [4.69, 9.17) is 5.73 Å². The minimum atomic E-state index is -0.477. The Bertz CT molecular complexity index is 725. The lowest BCUT2D eigenvalue weighted by Gasteiger charge is -2.28. The van der Waals surface area contributed by atoms with Crippen molar-refractivity contribution in [3.05, 3.63) is 65.2 Å². The Hall–Kier alpha value is -2.66. The molecule has 0 atom stereocenters. The normalized spacial score (nSPS) is 14.1. The molecular weight excluding hydrogens is 290 g/mol. The second kappa shape index (κ2) is 6.62. The van der Waals surface area contributed by atoms with Gasteiger partial charge in [-0.1, -0.05) is 24.3 Å². The smallest absolute Gasteiger partial charge is 0.248 e. The molecule has 0 unspecified atom stereocenters. The molecule has 1 heterocycles. The molecule has 23 heavy (non-hydrogen) atoms. The van der Waals surface area contributed by atoms with Gasteiger partial charge in [0.2, 0.25) is 11.8 Å². The standard InChI is InChI=1S/C18H19N3O2/c19-18(23)14-5-7-16(8-6-14)20-17(22)12-21-10-9-13-3-1-2-4-15(13)11-21/h1-8H,9-12H2,(H2,19,23)(H,20,22). The molecule has 2 aromatic rings. The van der Waals surface area contributed by atoms with Crippen molar-refractivity contribution in [2.45, 2.75) is 13.0 Å². The maximum atomic E-state index is 12.2. The maximum Gasteiger partial charge on any atom is 0.248 e. The van der Waals surface area contributed by atoms with E-state index in [1.165, 1.54) is 11.1 Å². The highest BCUT2D eigenvalue weighted by atomic mass is 16.2. The van der Waals surface area contributed by atoms with E-state index in [1.807, 2.05) is 6.07 Å². The van der Waals surface area contributed by atoms with Crippen molar-refractivity contribution in [2.24, 2.45) is 5.73 Å². The molecule has 0 radical (unpaired) electrons. The van der Waals surface area contributed by atoms with E-state index in [-0.39, 0.29) is 5.91 Å². The molecule has 0 aromatic heterocycles. The van der Waals surface area contributed by atoms with Gasteiger partial charge in [-0.25, -0.2) is 0 Å². The molecular formula is C18H19N3O2. The van der Waals surface area contributed by atoms with Crippen molar-refractivity contribution in [1.82, 2.24) is 4.90 Å². The third kappa shape index (κ3) is 3.76. The van der Waals surface area contributed by atoms with Crippen LogP contribution in [0.5, 0.6) is 0 Å². The predicted molar refractivity (Wildman–Crippen MR) is 89.0 cm³/mol. The van der Waals surface area contributed by atoms with Gasteiger partial charge in [0.05, 0.1) is 6.54 Å². The first kappa shape index (κ1) is 15.2. The molecule has 3 rings (SSSR count). The fraction of sp³-hybridized carbons (Fsp3) is 0.222. The van der Waals surface area contributed by atoms with Gasteiger partial charge in [0.25, 0.3) is 0 Å². The summed E-state index contributed by atoms with van der Waals surface area (Å²) in [5.41, 5.74) is 8.94. The van der Waals surface area contributed by atoms with Crippen LogP contribution in [0, 0.1) is 0 Å². The number of amides is 2. The third-order valence-electron chi connectivity index (χ3n) is 4.03. The lowest BCUT2D eigenvalue weighted by molar-refractivity contribution is -0.117. The Labute approximate surface area is 135 Å². The van der Waals surface area contributed by atoms with E-state index in [9.17, 15) is 9.59 Å². The van der Waals surface area contributed by atoms with Crippen molar-refractivity contribution in [3.63, 3.8) is 0 Å². The number of nitrogens with one attached hydrogen (secondary N) is 1. The van der Waals surface area contributed by atoms with Gasteiger partial charge in [-0.05, 0) is 41.8 Å². The molecule has 0 saturated carbocycles. The molecule has 118 valence electrons. The molecule has 0 fully saturated rings. The number of benzene rings is 2. The molecule has 3 N–H and O–H groups in total. The first-order valence-corrected chi connectivity index (χ1v) is 7.60. The van der Waals surface area contributed by atoms with Crippen molar-refractivity contribution in [1.29, 1.82) is 0 Å². The Morgan fingerprint density at radius 2 is 1.74 bits per heavy atom. The molecule has 2 amide bonds. The summed E-state index contributed by atoms with van der Waals surface area (Å²) in [5.74, 6) is -0.536. The van der Waals surface area contributed by atoms with Gasteiger partial charge < -0.3 is 11.1 Å². The summed E-state index contributed by atoms with van der Waals surface area (Å²) in [6, 6.07) is 14.9. The Balaban J connectivity index is 1.57. The van der Waals surface area contributed by atoms with Crippen LogP contribution in [-0.4, -0.2) is 29.8 Å². The number of anilines is 1. The summed E-state index contributed by atoms with van der Waals surface area (Å²) >= 11 is 0. The van der Waals surface area contributed by atoms with E-state index in [0.717, 1.165) is 19.5 Å². The predicted octanol–water partition coefficient (Wildman–Crippen LogP) is 1.78. The van der Waals surface area contributed by atoms with Gasteiger partial charge >= 0.3 is 0 Å². The van der Waals surface area contributed by atoms with Gasteiger partial charge in [-0.3, -0.25) is 14.5 Å². The first-order chi connectivity index (χ1) is 11.1. The molecule has 1 aliphatic rings. The molecule has 0 aliphatic carbocycles. The number of carbonyl (C=O) groups excluding carboxylic acids is 2. The minimum Gasteiger partial charge on any atom is -0.366 e. The molecule has 1 aliphatic heterocycles. The van der Waals surface area contributed by atoms with Gasteiger partial charge in [0.1, 0.15) is 0 Å². The van der Waals surface area contributed by atoms with Crippen LogP contribution in [0.15, 0.2) is 48.5 Å². The summed E-state index contributed by atoms with van der Waals surface area (Å²) in [7, 11) is 0. The number of nitrogens with two attached hydrogens (primary N) is 1. The fourth-order valence-electron chi connectivity index (χ4n) is 2.81. The largest absolute Gasteiger partial charge is 0.366 e. The average Bonchev–Trinajstić information content (AvgIpc) is 2.55. The van der Waals surface area contributed by atoms with Crippen LogP contribution in [0.4, 0.5) is 5.69 Å². The average molecular weight is 309 g/mol. The fourth-order valence-corrected chi connectivity index (χ4v) is 2.81. The van der Waals surface area contributed by atoms with Crippen LogP contribution in [0.2, 0.25) is 0 Å². The lowest BCUT2D eigenvalue weighted by Crippen LogP contribution is -2.37.